The molecule has 1 radical (unpaired) electrons. The molecular formula is C9H18NO2. The highest BCUT2D eigenvalue weighted by atomic mass is 16.5. The van der Waals surface area contributed by atoms with E-state index >= 15 is 0 Å². The number of aliphatic hydroxyl groups is 1. The minimum Gasteiger partial charge on any atom is -0.395 e. The molecule has 1 atom stereocenters. The van der Waals surface area contributed by atoms with Crippen LogP contribution < -0.4 is 0 Å². The fraction of sp³-hybridized carbons (Fsp3) is 0.889. The molecule has 1 saturated heterocycles. The highest BCUT2D eigenvalue weighted by Gasteiger charge is 2.22. The van der Waals surface area contributed by atoms with Gasteiger partial charge in [-0.15, -0.1) is 0 Å². The summed E-state index contributed by atoms with van der Waals surface area (Å²) in [6, 6.07) is 0.202. The van der Waals surface area contributed by atoms with Crippen LogP contribution in [0.2, 0.25) is 0 Å². The topological polar surface area (TPSA) is 32.7 Å². The van der Waals surface area contributed by atoms with Crippen molar-refractivity contribution in [1.82, 2.24) is 4.90 Å². The Balaban J connectivity index is 2.36. The van der Waals surface area contributed by atoms with Crippen LogP contribution >= 0.6 is 0 Å². The van der Waals surface area contributed by atoms with Crippen LogP contribution in [0.1, 0.15) is 13.8 Å². The summed E-state index contributed by atoms with van der Waals surface area (Å²) in [7, 11) is 0. The Morgan fingerprint density at radius 2 is 2.33 bits per heavy atom. The van der Waals surface area contributed by atoms with Crippen LogP contribution in [0.15, 0.2) is 0 Å². The highest BCUT2D eigenvalue weighted by Crippen LogP contribution is 2.09. The lowest BCUT2D eigenvalue weighted by Crippen LogP contribution is -2.48. The average Bonchev–Trinajstić information content (AvgIpc) is 2.04. The first-order valence-corrected chi connectivity index (χ1v) is 4.45. The standard InChI is InChI=1S/C9H18NO2/c1-8(2)5-10-3-4-12-7-9(10)6-11/h9,11H,3-7H2,1-2H3/t9-/m1/s1. The summed E-state index contributed by atoms with van der Waals surface area (Å²) < 4.78 is 5.27. The Hall–Kier alpha value is -0.120. The molecule has 0 amide bonds. The smallest absolute Gasteiger partial charge is 0.0644 e. The molecule has 1 rings (SSSR count). The fourth-order valence-electron chi connectivity index (χ4n) is 1.47. The number of aliphatic hydroxyl groups excluding tert-OH is 1. The predicted octanol–water partition coefficient (Wildman–Crippen LogP) is 0.294. The van der Waals surface area contributed by atoms with Gasteiger partial charge in [0.25, 0.3) is 0 Å². The van der Waals surface area contributed by atoms with E-state index in [1.54, 1.807) is 0 Å². The van der Waals surface area contributed by atoms with Crippen molar-refractivity contribution in [3.63, 3.8) is 0 Å². The summed E-state index contributed by atoms with van der Waals surface area (Å²) in [5.41, 5.74) is 0. The van der Waals surface area contributed by atoms with E-state index in [4.69, 9.17) is 9.84 Å². The molecule has 1 heterocycles. The van der Waals surface area contributed by atoms with Crippen molar-refractivity contribution in [1.29, 1.82) is 0 Å². The number of hydrogen-bond donors (Lipinski definition) is 1. The van der Waals surface area contributed by atoms with E-state index in [9.17, 15) is 0 Å². The number of nitrogens with zero attached hydrogens (tertiary/aromatic N) is 1. The van der Waals surface area contributed by atoms with Gasteiger partial charge in [0.15, 0.2) is 0 Å². The van der Waals surface area contributed by atoms with Crippen LogP contribution in [0, 0.1) is 5.92 Å². The second-order valence-electron chi connectivity index (χ2n) is 3.59. The molecular weight excluding hydrogens is 154 g/mol. The minimum absolute atomic E-state index is 0.202. The number of morpholine rings is 1. The quantitative estimate of drug-likeness (QED) is 0.664. The van der Waals surface area contributed by atoms with Crippen LogP contribution in [0.25, 0.3) is 0 Å². The maximum Gasteiger partial charge on any atom is 0.0644 e. The second kappa shape index (κ2) is 4.80. The Morgan fingerprint density at radius 1 is 1.58 bits per heavy atom. The lowest BCUT2D eigenvalue weighted by molar-refractivity contribution is -0.0250. The van der Waals surface area contributed by atoms with Gasteiger partial charge in [-0.05, 0) is 5.92 Å². The van der Waals surface area contributed by atoms with Gasteiger partial charge in [-0.3, -0.25) is 4.90 Å². The van der Waals surface area contributed by atoms with Crippen molar-refractivity contribution in [2.75, 3.05) is 32.9 Å². The molecule has 71 valence electrons. The SMILES string of the molecule is C[C](C)CN1CCOC[C@H]1CO. The molecule has 1 N–H and O–H groups in total. The van der Waals surface area contributed by atoms with E-state index in [0.29, 0.717) is 6.61 Å². The van der Waals surface area contributed by atoms with Crippen molar-refractivity contribution < 1.29 is 9.84 Å². The summed E-state index contributed by atoms with van der Waals surface area (Å²) in [6.07, 6.45) is 0. The molecule has 1 fully saturated rings. The number of rotatable bonds is 3. The van der Waals surface area contributed by atoms with E-state index in [1.165, 1.54) is 5.92 Å². The molecule has 0 unspecified atom stereocenters. The van der Waals surface area contributed by atoms with Crippen molar-refractivity contribution in [3.8, 4) is 0 Å². The highest BCUT2D eigenvalue weighted by molar-refractivity contribution is 4.86. The van der Waals surface area contributed by atoms with E-state index in [2.05, 4.69) is 18.7 Å². The molecule has 0 aromatic carbocycles. The largest absolute Gasteiger partial charge is 0.395 e. The minimum atomic E-state index is 0.202. The van der Waals surface area contributed by atoms with E-state index < -0.39 is 0 Å². The van der Waals surface area contributed by atoms with Gasteiger partial charge in [0.1, 0.15) is 0 Å². The molecule has 0 spiro atoms. The van der Waals surface area contributed by atoms with Crippen molar-refractivity contribution in [2.24, 2.45) is 0 Å². The van der Waals surface area contributed by atoms with Gasteiger partial charge in [-0.2, -0.15) is 0 Å². The van der Waals surface area contributed by atoms with Crippen LogP contribution in [-0.4, -0.2) is 49.0 Å². The monoisotopic (exact) mass is 172 g/mol. The van der Waals surface area contributed by atoms with Crippen LogP contribution in [0.5, 0.6) is 0 Å². The van der Waals surface area contributed by atoms with E-state index in [1.807, 2.05) is 0 Å². The summed E-state index contributed by atoms with van der Waals surface area (Å²) >= 11 is 0. The van der Waals surface area contributed by atoms with Gasteiger partial charge < -0.3 is 9.84 Å². The summed E-state index contributed by atoms with van der Waals surface area (Å²) in [4.78, 5) is 2.28. The molecule has 0 bridgehead atoms. The molecule has 0 aliphatic carbocycles. The maximum atomic E-state index is 9.04. The van der Waals surface area contributed by atoms with Crippen molar-refractivity contribution in [2.45, 2.75) is 19.9 Å². The molecule has 0 aromatic rings. The molecule has 3 heteroatoms. The normalized spacial score (nSPS) is 26.5. The summed E-state index contributed by atoms with van der Waals surface area (Å²) in [5, 5.41) is 9.04. The van der Waals surface area contributed by atoms with Gasteiger partial charge in [0.2, 0.25) is 0 Å². The Morgan fingerprint density at radius 3 is 2.92 bits per heavy atom. The molecule has 0 saturated carbocycles. The zero-order valence-electron chi connectivity index (χ0n) is 7.92. The van der Waals surface area contributed by atoms with Crippen LogP contribution in [0.4, 0.5) is 0 Å². The number of ether oxygens (including phenoxy) is 1. The summed E-state index contributed by atoms with van der Waals surface area (Å²) in [5.74, 6) is 1.38. The maximum absolute atomic E-state index is 9.04. The number of hydrogen-bond acceptors (Lipinski definition) is 3. The first-order valence-electron chi connectivity index (χ1n) is 4.45. The van der Waals surface area contributed by atoms with Crippen LogP contribution in [-0.2, 0) is 4.74 Å². The average molecular weight is 172 g/mol. The summed E-state index contributed by atoms with van der Waals surface area (Å²) in [6.45, 7) is 7.82. The van der Waals surface area contributed by atoms with Crippen molar-refractivity contribution in [3.05, 3.63) is 5.92 Å². The zero-order chi connectivity index (χ0) is 8.97. The lowest BCUT2D eigenvalue weighted by atomic mass is 10.1. The molecule has 3 nitrogen and oxygen atoms in total. The fourth-order valence-corrected chi connectivity index (χ4v) is 1.47. The van der Waals surface area contributed by atoms with E-state index in [-0.39, 0.29) is 12.6 Å². The third kappa shape index (κ3) is 2.73. The first-order chi connectivity index (χ1) is 5.74. The van der Waals surface area contributed by atoms with Gasteiger partial charge in [-0.25, -0.2) is 0 Å². The Kier molecular flexibility index (Phi) is 3.98. The van der Waals surface area contributed by atoms with E-state index in [0.717, 1.165) is 19.7 Å². The third-order valence-electron chi connectivity index (χ3n) is 2.08. The molecule has 12 heavy (non-hydrogen) atoms. The zero-order valence-corrected chi connectivity index (χ0v) is 7.92. The molecule has 1 aliphatic heterocycles. The second-order valence-corrected chi connectivity index (χ2v) is 3.59. The Labute approximate surface area is 74.3 Å². The van der Waals surface area contributed by atoms with Gasteiger partial charge >= 0.3 is 0 Å². The molecule has 1 aliphatic rings. The predicted molar refractivity (Wildman–Crippen MR) is 47.9 cm³/mol. The third-order valence-corrected chi connectivity index (χ3v) is 2.08. The lowest BCUT2D eigenvalue weighted by Gasteiger charge is -2.35. The molecule has 0 aromatic heterocycles. The van der Waals surface area contributed by atoms with Gasteiger partial charge in [0, 0.05) is 13.1 Å². The first kappa shape index (κ1) is 9.96. The van der Waals surface area contributed by atoms with Gasteiger partial charge in [-0.1, -0.05) is 13.8 Å². The van der Waals surface area contributed by atoms with Crippen molar-refractivity contribution >= 4 is 0 Å². The van der Waals surface area contributed by atoms with Crippen LogP contribution in [0.3, 0.4) is 0 Å². The Bertz CT molecular complexity index is 128. The van der Waals surface area contributed by atoms with Gasteiger partial charge in [0.05, 0.1) is 25.9 Å².